The fourth-order valence-corrected chi connectivity index (χ4v) is 0.399. The highest BCUT2D eigenvalue weighted by Gasteiger charge is 1.64. The number of hydrogen-bond acceptors (Lipinski definition) is 1. The first-order valence-electron chi connectivity index (χ1n) is 4.88. The van der Waals surface area contributed by atoms with Gasteiger partial charge in [0.1, 0.15) is 0 Å². The fraction of sp³-hybridized carbons (Fsp3) is 0.500. The molecule has 2 N–H and O–H groups in total. The highest BCUT2D eigenvalue weighted by Crippen LogP contribution is 1.74. The third kappa shape index (κ3) is 53.9. The third-order valence-electron chi connectivity index (χ3n) is 0.898. The zero-order chi connectivity index (χ0) is 10.9. The van der Waals surface area contributed by atoms with Gasteiger partial charge in [-0.05, 0) is 26.8 Å². The van der Waals surface area contributed by atoms with Gasteiger partial charge in [0, 0.05) is 0 Å². The molecule has 0 saturated carbocycles. The summed E-state index contributed by atoms with van der Waals surface area (Å²) in [5, 5.41) is 0. The molecule has 0 aromatic heterocycles. The lowest BCUT2D eigenvalue weighted by Crippen LogP contribution is -1.94. The highest BCUT2D eigenvalue weighted by molar-refractivity contribution is 4.94. The van der Waals surface area contributed by atoms with Crippen molar-refractivity contribution >= 4 is 0 Å². The van der Waals surface area contributed by atoms with Crippen molar-refractivity contribution in [1.29, 1.82) is 0 Å². The number of allylic oxidation sites excluding steroid dienone is 4. The maximum absolute atomic E-state index is 5.16. The van der Waals surface area contributed by atoms with E-state index in [4.69, 9.17) is 5.73 Å². The molecule has 0 aromatic rings. The van der Waals surface area contributed by atoms with Gasteiger partial charge in [-0.1, -0.05) is 50.8 Å². The van der Waals surface area contributed by atoms with Gasteiger partial charge in [-0.25, -0.2) is 0 Å². The first-order chi connectivity index (χ1) is 6.33. The maximum Gasteiger partial charge on any atom is -0.00426 e. The van der Waals surface area contributed by atoms with Crippen molar-refractivity contribution in [3.8, 4) is 0 Å². The zero-order valence-corrected chi connectivity index (χ0v) is 9.59. The quantitative estimate of drug-likeness (QED) is 0.524. The Morgan fingerprint density at radius 1 is 1.15 bits per heavy atom. The fourth-order valence-electron chi connectivity index (χ4n) is 0.399. The molecule has 0 spiro atoms. The Labute approximate surface area is 84.0 Å². The van der Waals surface area contributed by atoms with Gasteiger partial charge in [-0.2, -0.15) is 0 Å². The molecule has 0 saturated heterocycles. The van der Waals surface area contributed by atoms with Gasteiger partial charge in [-0.15, -0.1) is 0 Å². The van der Waals surface area contributed by atoms with Gasteiger partial charge in [0.25, 0.3) is 0 Å². The minimum absolute atomic E-state index is 0.768. The Morgan fingerprint density at radius 3 is 1.77 bits per heavy atom. The zero-order valence-electron chi connectivity index (χ0n) is 9.59. The van der Waals surface area contributed by atoms with E-state index in [1.165, 1.54) is 0 Å². The minimum Gasteiger partial charge on any atom is -0.330 e. The summed E-state index contributed by atoms with van der Waals surface area (Å²) in [7, 11) is 0. The van der Waals surface area contributed by atoms with Crippen LogP contribution in [0.5, 0.6) is 0 Å². The molecule has 0 aliphatic heterocycles. The predicted molar refractivity (Wildman–Crippen MR) is 64.8 cm³/mol. The van der Waals surface area contributed by atoms with E-state index in [0.29, 0.717) is 0 Å². The summed E-state index contributed by atoms with van der Waals surface area (Å²) < 4.78 is 0. The van der Waals surface area contributed by atoms with Gasteiger partial charge >= 0.3 is 0 Å². The standard InChI is InChI=1S/C5H11N.C5H8.C2H6/c1-2-3-4-5-6;1-3-5-4-2;1-2/h2-3H,4-6H2,1H3;3-5H,1H2,2H3;1-2H3/b3-2-;5-4+;. The molecule has 78 valence electrons. The molecule has 0 heterocycles. The molecule has 0 fully saturated rings. The SMILES string of the molecule is C/C=C\CCN.C=C/C=C/C.CC. The van der Waals surface area contributed by atoms with E-state index in [2.05, 4.69) is 12.7 Å². The van der Waals surface area contributed by atoms with Crippen LogP contribution < -0.4 is 5.73 Å². The normalized spacial score (nSPS) is 8.69. The smallest absolute Gasteiger partial charge is 0.00426 e. The van der Waals surface area contributed by atoms with Crippen LogP contribution in [-0.2, 0) is 0 Å². The average molecular weight is 183 g/mol. The van der Waals surface area contributed by atoms with Gasteiger partial charge in [0.05, 0.1) is 0 Å². The van der Waals surface area contributed by atoms with E-state index in [1.54, 1.807) is 6.08 Å². The summed E-state index contributed by atoms with van der Waals surface area (Å²) in [4.78, 5) is 0. The van der Waals surface area contributed by atoms with Crippen LogP contribution in [0.1, 0.15) is 34.1 Å². The summed E-state index contributed by atoms with van der Waals surface area (Å²) >= 11 is 0. The van der Waals surface area contributed by atoms with Gasteiger partial charge in [0.15, 0.2) is 0 Å². The molecule has 0 aromatic carbocycles. The second-order valence-corrected chi connectivity index (χ2v) is 1.91. The maximum atomic E-state index is 5.16. The van der Waals surface area contributed by atoms with Crippen LogP contribution >= 0.6 is 0 Å². The number of nitrogens with two attached hydrogens (primary N) is 1. The Bertz CT molecular complexity index is 112. The minimum atomic E-state index is 0.768. The Hall–Kier alpha value is -0.820. The molecule has 1 heteroatoms. The van der Waals surface area contributed by atoms with Crippen molar-refractivity contribution in [3.63, 3.8) is 0 Å². The lowest BCUT2D eigenvalue weighted by Gasteiger charge is -1.77. The second-order valence-electron chi connectivity index (χ2n) is 1.91. The van der Waals surface area contributed by atoms with E-state index in [9.17, 15) is 0 Å². The van der Waals surface area contributed by atoms with Gasteiger partial charge < -0.3 is 5.73 Å². The highest BCUT2D eigenvalue weighted by atomic mass is 14.5. The van der Waals surface area contributed by atoms with Crippen LogP contribution in [0.4, 0.5) is 0 Å². The van der Waals surface area contributed by atoms with E-state index in [1.807, 2.05) is 45.9 Å². The summed E-state index contributed by atoms with van der Waals surface area (Å²) in [6.07, 6.45) is 10.6. The van der Waals surface area contributed by atoms with Crippen molar-refractivity contribution in [2.75, 3.05) is 6.54 Å². The van der Waals surface area contributed by atoms with Crippen LogP contribution in [0, 0.1) is 0 Å². The molecule has 0 radical (unpaired) electrons. The van der Waals surface area contributed by atoms with Gasteiger partial charge in [-0.3, -0.25) is 0 Å². The molecule has 0 atom stereocenters. The van der Waals surface area contributed by atoms with E-state index >= 15 is 0 Å². The van der Waals surface area contributed by atoms with Gasteiger partial charge in [0.2, 0.25) is 0 Å². The molecule has 13 heavy (non-hydrogen) atoms. The topological polar surface area (TPSA) is 26.0 Å². The van der Waals surface area contributed by atoms with Crippen molar-refractivity contribution in [2.45, 2.75) is 34.1 Å². The number of hydrogen-bond donors (Lipinski definition) is 1. The first kappa shape index (κ1) is 18.1. The van der Waals surface area contributed by atoms with Crippen molar-refractivity contribution in [2.24, 2.45) is 5.73 Å². The summed E-state index contributed by atoms with van der Waals surface area (Å²) in [5.41, 5.74) is 5.16. The van der Waals surface area contributed by atoms with Crippen molar-refractivity contribution in [3.05, 3.63) is 37.0 Å². The number of rotatable bonds is 3. The van der Waals surface area contributed by atoms with E-state index < -0.39 is 0 Å². The van der Waals surface area contributed by atoms with Crippen molar-refractivity contribution in [1.82, 2.24) is 0 Å². The lowest BCUT2D eigenvalue weighted by molar-refractivity contribution is 1.01. The Morgan fingerprint density at radius 2 is 1.69 bits per heavy atom. The van der Waals surface area contributed by atoms with E-state index in [0.717, 1.165) is 13.0 Å². The Balaban J connectivity index is -0.000000131. The molecule has 0 bridgehead atoms. The average Bonchev–Trinajstić information content (AvgIpc) is 2.20. The molecule has 0 unspecified atom stereocenters. The van der Waals surface area contributed by atoms with Crippen LogP contribution in [0.25, 0.3) is 0 Å². The largest absolute Gasteiger partial charge is 0.330 e. The molecular weight excluding hydrogens is 158 g/mol. The van der Waals surface area contributed by atoms with Crippen LogP contribution in [0.2, 0.25) is 0 Å². The third-order valence-corrected chi connectivity index (χ3v) is 0.898. The predicted octanol–water partition coefficient (Wildman–Crippen LogP) is 3.69. The molecule has 1 nitrogen and oxygen atoms in total. The molecule has 0 aliphatic carbocycles. The summed E-state index contributed by atoms with van der Waals surface area (Å²) in [5.74, 6) is 0. The van der Waals surface area contributed by atoms with Crippen molar-refractivity contribution < 1.29 is 0 Å². The Kier molecular flexibility index (Phi) is 42.2. The monoisotopic (exact) mass is 183 g/mol. The van der Waals surface area contributed by atoms with Crippen LogP contribution in [0.3, 0.4) is 0 Å². The molecule has 0 amide bonds. The second kappa shape index (κ2) is 30.3. The van der Waals surface area contributed by atoms with Crippen LogP contribution in [-0.4, -0.2) is 6.54 Å². The van der Waals surface area contributed by atoms with E-state index in [-0.39, 0.29) is 0 Å². The lowest BCUT2D eigenvalue weighted by atomic mass is 10.4. The van der Waals surface area contributed by atoms with Crippen LogP contribution in [0.15, 0.2) is 37.0 Å². The first-order valence-corrected chi connectivity index (χ1v) is 4.88. The summed E-state index contributed by atoms with van der Waals surface area (Å²) in [6, 6.07) is 0. The molecule has 0 aliphatic rings. The summed E-state index contributed by atoms with van der Waals surface area (Å²) in [6.45, 7) is 12.2. The molecular formula is C12H25N. The molecule has 0 rings (SSSR count).